The van der Waals surface area contributed by atoms with Crippen molar-refractivity contribution in [1.82, 2.24) is 4.90 Å². The lowest BCUT2D eigenvalue weighted by molar-refractivity contribution is -0.143. The first-order valence-electron chi connectivity index (χ1n) is 7.03. The molecule has 0 aliphatic rings. The van der Waals surface area contributed by atoms with Crippen LogP contribution in [-0.2, 0) is 19.1 Å². The number of hydrogen-bond acceptors (Lipinski definition) is 5. The number of esters is 2. The van der Waals surface area contributed by atoms with E-state index in [2.05, 4.69) is 18.7 Å². The smallest absolute Gasteiger partial charge is 0.307 e. The molecule has 5 heteroatoms. The normalized spacial score (nSPS) is 10.8. The highest BCUT2D eigenvalue weighted by molar-refractivity contribution is 5.70. The minimum atomic E-state index is -0.188. The van der Waals surface area contributed by atoms with Gasteiger partial charge in [0.2, 0.25) is 0 Å². The van der Waals surface area contributed by atoms with Crippen LogP contribution in [0.3, 0.4) is 0 Å². The molecule has 0 radical (unpaired) electrons. The van der Waals surface area contributed by atoms with Gasteiger partial charge in [0.1, 0.15) is 0 Å². The first-order valence-corrected chi connectivity index (χ1v) is 7.03. The lowest BCUT2D eigenvalue weighted by atomic mass is 10.2. The molecule has 0 aliphatic carbocycles. The Balaban J connectivity index is 4.08. The minimum Gasteiger partial charge on any atom is -0.466 e. The molecule has 0 spiro atoms. The third-order valence-corrected chi connectivity index (χ3v) is 2.50. The van der Waals surface area contributed by atoms with E-state index < -0.39 is 0 Å². The van der Waals surface area contributed by atoms with Gasteiger partial charge in [-0.3, -0.25) is 9.59 Å². The van der Waals surface area contributed by atoms with Crippen molar-refractivity contribution in [2.45, 2.75) is 40.5 Å². The predicted molar refractivity (Wildman–Crippen MR) is 73.8 cm³/mol. The zero-order valence-corrected chi connectivity index (χ0v) is 12.6. The third kappa shape index (κ3) is 10.5. The maximum atomic E-state index is 11.3. The Morgan fingerprint density at radius 2 is 1.37 bits per heavy atom. The number of carbonyl (C=O) groups is 2. The summed E-state index contributed by atoms with van der Waals surface area (Å²) in [5.74, 6) is 0.115. The molecule has 0 atom stereocenters. The molecule has 0 N–H and O–H groups in total. The molecular weight excluding hydrogens is 246 g/mol. The number of rotatable bonds is 10. The van der Waals surface area contributed by atoms with Crippen LogP contribution >= 0.6 is 0 Å². The molecule has 112 valence electrons. The predicted octanol–water partition coefficient (Wildman–Crippen LogP) is 1.85. The second-order valence-corrected chi connectivity index (χ2v) is 4.80. The minimum absolute atomic E-state index is 0.188. The van der Waals surface area contributed by atoms with Gasteiger partial charge in [0.25, 0.3) is 0 Å². The second kappa shape index (κ2) is 10.8. The maximum absolute atomic E-state index is 11.3. The van der Waals surface area contributed by atoms with Gasteiger partial charge in [0.05, 0.1) is 26.1 Å². The average molecular weight is 273 g/mol. The zero-order chi connectivity index (χ0) is 14.7. The van der Waals surface area contributed by atoms with E-state index in [-0.39, 0.29) is 11.9 Å². The standard InChI is InChI=1S/C14H27NO4/c1-5-18-13(16)7-9-15(11-12(3)4)10-8-14(17)19-6-2/h12H,5-11H2,1-4H3. The number of hydrogen-bond donors (Lipinski definition) is 0. The molecule has 0 aromatic heterocycles. The molecule has 0 saturated heterocycles. The van der Waals surface area contributed by atoms with Gasteiger partial charge >= 0.3 is 11.9 Å². The Morgan fingerprint density at radius 3 is 1.68 bits per heavy atom. The van der Waals surface area contributed by atoms with Gasteiger partial charge in [-0.1, -0.05) is 13.8 Å². The molecule has 0 rings (SSSR count). The van der Waals surface area contributed by atoms with Crippen LogP contribution in [0.25, 0.3) is 0 Å². The molecular formula is C14H27NO4. The molecule has 0 aliphatic heterocycles. The summed E-state index contributed by atoms with van der Waals surface area (Å²) in [7, 11) is 0. The Bertz CT molecular complexity index is 244. The molecule has 0 aromatic carbocycles. The van der Waals surface area contributed by atoms with E-state index in [1.165, 1.54) is 0 Å². The van der Waals surface area contributed by atoms with Crippen LogP contribution in [0.1, 0.15) is 40.5 Å². The number of nitrogens with zero attached hydrogens (tertiary/aromatic N) is 1. The average Bonchev–Trinajstić information content (AvgIpc) is 2.33. The summed E-state index contributed by atoms with van der Waals surface area (Å²) in [6.45, 7) is 10.7. The lowest BCUT2D eigenvalue weighted by Gasteiger charge is -2.23. The van der Waals surface area contributed by atoms with E-state index in [0.717, 1.165) is 6.54 Å². The monoisotopic (exact) mass is 273 g/mol. The van der Waals surface area contributed by atoms with Crippen LogP contribution in [0, 0.1) is 5.92 Å². The molecule has 0 heterocycles. The van der Waals surface area contributed by atoms with Crippen molar-refractivity contribution in [3.63, 3.8) is 0 Å². The molecule has 0 bridgehead atoms. The van der Waals surface area contributed by atoms with Gasteiger partial charge < -0.3 is 14.4 Å². The highest BCUT2D eigenvalue weighted by Gasteiger charge is 2.12. The summed E-state index contributed by atoms with van der Waals surface area (Å²) in [6, 6.07) is 0. The van der Waals surface area contributed by atoms with Crippen LogP contribution in [-0.4, -0.2) is 49.7 Å². The fourth-order valence-electron chi connectivity index (χ4n) is 1.78. The van der Waals surface area contributed by atoms with E-state index in [1.807, 2.05) is 0 Å². The van der Waals surface area contributed by atoms with Gasteiger partial charge in [0.15, 0.2) is 0 Å². The van der Waals surface area contributed by atoms with Gasteiger partial charge in [-0.2, -0.15) is 0 Å². The SMILES string of the molecule is CCOC(=O)CCN(CCC(=O)OCC)CC(C)C. The Labute approximate surface area is 116 Å². The zero-order valence-electron chi connectivity index (χ0n) is 12.6. The third-order valence-electron chi connectivity index (χ3n) is 2.50. The van der Waals surface area contributed by atoms with Crippen LogP contribution in [0.4, 0.5) is 0 Å². The van der Waals surface area contributed by atoms with E-state index in [9.17, 15) is 9.59 Å². The Kier molecular flexibility index (Phi) is 10.2. The molecule has 0 amide bonds. The summed E-state index contributed by atoms with van der Waals surface area (Å²) in [5.41, 5.74) is 0. The number of carbonyl (C=O) groups excluding carboxylic acids is 2. The highest BCUT2D eigenvalue weighted by atomic mass is 16.5. The van der Waals surface area contributed by atoms with Crippen molar-refractivity contribution in [3.8, 4) is 0 Å². The van der Waals surface area contributed by atoms with Crippen LogP contribution in [0.5, 0.6) is 0 Å². The summed E-state index contributed by atoms with van der Waals surface area (Å²) in [4.78, 5) is 24.8. The van der Waals surface area contributed by atoms with E-state index in [1.54, 1.807) is 13.8 Å². The highest BCUT2D eigenvalue weighted by Crippen LogP contribution is 2.03. The fraction of sp³-hybridized carbons (Fsp3) is 0.857. The molecule has 0 fully saturated rings. The maximum Gasteiger partial charge on any atom is 0.307 e. The van der Waals surface area contributed by atoms with E-state index >= 15 is 0 Å². The number of ether oxygens (including phenoxy) is 2. The molecule has 5 nitrogen and oxygen atoms in total. The summed E-state index contributed by atoms with van der Waals surface area (Å²) < 4.78 is 9.81. The van der Waals surface area contributed by atoms with E-state index in [0.29, 0.717) is 45.1 Å². The first-order chi connectivity index (χ1) is 8.99. The quantitative estimate of drug-likeness (QED) is 0.569. The molecule has 0 aromatic rings. The van der Waals surface area contributed by atoms with Gasteiger partial charge in [0, 0.05) is 19.6 Å². The summed E-state index contributed by atoms with van der Waals surface area (Å²) in [5, 5.41) is 0. The fourth-order valence-corrected chi connectivity index (χ4v) is 1.78. The molecule has 19 heavy (non-hydrogen) atoms. The van der Waals surface area contributed by atoms with Crippen molar-refractivity contribution >= 4 is 11.9 Å². The van der Waals surface area contributed by atoms with Gasteiger partial charge in [-0.15, -0.1) is 0 Å². The van der Waals surface area contributed by atoms with Crippen molar-refractivity contribution in [2.75, 3.05) is 32.8 Å². The van der Waals surface area contributed by atoms with Gasteiger partial charge in [-0.05, 0) is 19.8 Å². The van der Waals surface area contributed by atoms with Crippen molar-refractivity contribution < 1.29 is 19.1 Å². The van der Waals surface area contributed by atoms with Crippen molar-refractivity contribution in [2.24, 2.45) is 5.92 Å². The first kappa shape index (κ1) is 17.9. The summed E-state index contributed by atoms with van der Waals surface area (Å²) in [6.07, 6.45) is 0.729. The van der Waals surface area contributed by atoms with Gasteiger partial charge in [-0.25, -0.2) is 0 Å². The van der Waals surface area contributed by atoms with Crippen molar-refractivity contribution in [1.29, 1.82) is 0 Å². The second-order valence-electron chi connectivity index (χ2n) is 4.80. The molecule has 0 saturated carbocycles. The van der Waals surface area contributed by atoms with Crippen LogP contribution < -0.4 is 0 Å². The largest absolute Gasteiger partial charge is 0.466 e. The summed E-state index contributed by atoms with van der Waals surface area (Å²) >= 11 is 0. The van der Waals surface area contributed by atoms with Crippen LogP contribution in [0.2, 0.25) is 0 Å². The Morgan fingerprint density at radius 1 is 0.947 bits per heavy atom. The van der Waals surface area contributed by atoms with Crippen molar-refractivity contribution in [3.05, 3.63) is 0 Å². The molecule has 0 unspecified atom stereocenters. The van der Waals surface area contributed by atoms with Crippen LogP contribution in [0.15, 0.2) is 0 Å². The van der Waals surface area contributed by atoms with E-state index in [4.69, 9.17) is 9.47 Å². The Hall–Kier alpha value is -1.10. The lowest BCUT2D eigenvalue weighted by Crippen LogP contribution is -2.32. The topological polar surface area (TPSA) is 55.8 Å².